The summed E-state index contributed by atoms with van der Waals surface area (Å²) in [4.78, 5) is 4.32. The molecule has 0 amide bonds. The van der Waals surface area contributed by atoms with E-state index in [4.69, 9.17) is 4.52 Å². The predicted molar refractivity (Wildman–Crippen MR) is 66.1 cm³/mol. The zero-order valence-electron chi connectivity index (χ0n) is 9.16. The Morgan fingerprint density at radius 1 is 1.47 bits per heavy atom. The Kier molecular flexibility index (Phi) is 4.50. The average molecular weight is 292 g/mol. The first-order valence-electron chi connectivity index (χ1n) is 4.88. The molecule has 1 heterocycles. The number of pyridine rings is 1. The number of aromatic nitrogens is 1. The van der Waals surface area contributed by atoms with Gasteiger partial charge in [0.25, 0.3) is 0 Å². The Morgan fingerprint density at radius 2 is 2.13 bits per heavy atom. The van der Waals surface area contributed by atoms with Crippen LogP contribution in [-0.4, -0.2) is 18.3 Å². The highest BCUT2D eigenvalue weighted by atomic mass is 79.9. The first kappa shape index (κ1) is 12.9. The molecule has 0 aliphatic heterocycles. The monoisotopic (exact) mass is 291 g/mol. The van der Waals surface area contributed by atoms with Gasteiger partial charge in [-0.1, -0.05) is 22.9 Å². The van der Waals surface area contributed by atoms with E-state index in [0.29, 0.717) is 12.0 Å². The van der Waals surface area contributed by atoms with Gasteiger partial charge in [0.1, 0.15) is 5.44 Å². The van der Waals surface area contributed by atoms with E-state index in [1.54, 1.807) is 12.7 Å². The van der Waals surface area contributed by atoms with E-state index in [0.717, 1.165) is 16.6 Å². The SMILES string of the molecule is CCOP(C)(=O)c1cc(Br)cc(CC)n1. The van der Waals surface area contributed by atoms with Gasteiger partial charge in [-0.2, -0.15) is 0 Å². The maximum Gasteiger partial charge on any atom is 0.247 e. The second-order valence-electron chi connectivity index (χ2n) is 3.25. The standard InChI is InChI=1S/C10H15BrNO2P/c1-4-9-6-8(11)7-10(12-9)15(3,13)14-5-2/h6-7H,4-5H2,1-3H3. The van der Waals surface area contributed by atoms with Crippen molar-refractivity contribution in [3.05, 3.63) is 22.3 Å². The van der Waals surface area contributed by atoms with Crippen LogP contribution in [0.3, 0.4) is 0 Å². The van der Waals surface area contributed by atoms with Crippen molar-refractivity contribution in [2.24, 2.45) is 0 Å². The molecule has 0 aliphatic rings. The van der Waals surface area contributed by atoms with Gasteiger partial charge in [0.2, 0.25) is 7.37 Å². The van der Waals surface area contributed by atoms with Crippen LogP contribution in [0, 0.1) is 0 Å². The molecular weight excluding hydrogens is 277 g/mol. The molecule has 1 aromatic rings. The van der Waals surface area contributed by atoms with Crippen LogP contribution in [0.1, 0.15) is 19.5 Å². The zero-order chi connectivity index (χ0) is 11.5. The molecule has 5 heteroatoms. The molecule has 3 nitrogen and oxygen atoms in total. The molecule has 1 atom stereocenters. The molecule has 0 N–H and O–H groups in total. The summed E-state index contributed by atoms with van der Waals surface area (Å²) >= 11 is 3.38. The van der Waals surface area contributed by atoms with Gasteiger partial charge in [0.15, 0.2) is 0 Å². The molecular formula is C10H15BrNO2P. The third-order valence-corrected chi connectivity index (χ3v) is 4.25. The van der Waals surface area contributed by atoms with Crippen LogP contribution < -0.4 is 5.44 Å². The lowest BCUT2D eigenvalue weighted by Gasteiger charge is -2.13. The molecule has 84 valence electrons. The largest absolute Gasteiger partial charge is 0.325 e. The fraction of sp³-hybridized carbons (Fsp3) is 0.500. The average Bonchev–Trinajstić information content (AvgIpc) is 2.16. The number of rotatable bonds is 4. The highest BCUT2D eigenvalue weighted by molar-refractivity contribution is 9.10. The third kappa shape index (κ3) is 3.40. The van der Waals surface area contributed by atoms with E-state index in [2.05, 4.69) is 20.9 Å². The number of hydrogen-bond acceptors (Lipinski definition) is 3. The van der Waals surface area contributed by atoms with Crippen molar-refractivity contribution in [1.29, 1.82) is 0 Å². The molecule has 0 saturated carbocycles. The normalized spacial score (nSPS) is 14.9. The second kappa shape index (κ2) is 5.24. The minimum absolute atomic E-state index is 0.434. The maximum absolute atomic E-state index is 12.1. The fourth-order valence-electron chi connectivity index (χ4n) is 1.24. The lowest BCUT2D eigenvalue weighted by Crippen LogP contribution is -2.13. The van der Waals surface area contributed by atoms with Crippen molar-refractivity contribution < 1.29 is 9.09 Å². The van der Waals surface area contributed by atoms with E-state index in [1.165, 1.54) is 0 Å². The van der Waals surface area contributed by atoms with Crippen LogP contribution >= 0.6 is 23.3 Å². The van der Waals surface area contributed by atoms with Crippen LogP contribution in [0.15, 0.2) is 16.6 Å². The van der Waals surface area contributed by atoms with Crippen LogP contribution in [0.5, 0.6) is 0 Å². The minimum Gasteiger partial charge on any atom is -0.325 e. The van der Waals surface area contributed by atoms with E-state index >= 15 is 0 Å². The molecule has 0 aliphatic carbocycles. The zero-order valence-corrected chi connectivity index (χ0v) is 11.6. The summed E-state index contributed by atoms with van der Waals surface area (Å²) in [5.74, 6) is 0. The van der Waals surface area contributed by atoms with E-state index in [-0.39, 0.29) is 0 Å². The highest BCUT2D eigenvalue weighted by Gasteiger charge is 2.21. The smallest absolute Gasteiger partial charge is 0.247 e. The van der Waals surface area contributed by atoms with Crippen LogP contribution in [0.2, 0.25) is 0 Å². The van der Waals surface area contributed by atoms with Crippen molar-refractivity contribution in [2.75, 3.05) is 13.3 Å². The predicted octanol–water partition coefficient (Wildman–Crippen LogP) is 2.98. The summed E-state index contributed by atoms with van der Waals surface area (Å²) in [5.41, 5.74) is 1.46. The Balaban J connectivity index is 3.13. The molecule has 1 aromatic heterocycles. The van der Waals surface area contributed by atoms with E-state index < -0.39 is 7.37 Å². The van der Waals surface area contributed by atoms with Crippen LogP contribution in [0.4, 0.5) is 0 Å². The number of nitrogens with zero attached hydrogens (tertiary/aromatic N) is 1. The van der Waals surface area contributed by atoms with Crippen LogP contribution in [-0.2, 0) is 15.5 Å². The molecule has 15 heavy (non-hydrogen) atoms. The molecule has 1 unspecified atom stereocenters. The van der Waals surface area contributed by atoms with Crippen molar-refractivity contribution in [1.82, 2.24) is 4.98 Å². The first-order chi connectivity index (χ1) is 6.99. The first-order valence-corrected chi connectivity index (χ1v) is 7.75. The quantitative estimate of drug-likeness (QED) is 0.801. The summed E-state index contributed by atoms with van der Waals surface area (Å²) in [6.07, 6.45) is 0.818. The van der Waals surface area contributed by atoms with Crippen molar-refractivity contribution in [3.8, 4) is 0 Å². The lowest BCUT2D eigenvalue weighted by atomic mass is 10.3. The summed E-state index contributed by atoms with van der Waals surface area (Å²) in [7, 11) is -2.75. The van der Waals surface area contributed by atoms with Gasteiger partial charge in [0.05, 0.1) is 6.61 Å². The Morgan fingerprint density at radius 3 is 2.67 bits per heavy atom. The summed E-state index contributed by atoms with van der Waals surface area (Å²) in [5, 5.41) is 0. The Labute approximate surface area is 98.8 Å². The Bertz CT molecular complexity index is 395. The third-order valence-electron chi connectivity index (χ3n) is 1.98. The molecule has 0 radical (unpaired) electrons. The maximum atomic E-state index is 12.1. The molecule has 0 spiro atoms. The van der Waals surface area contributed by atoms with Gasteiger partial charge < -0.3 is 4.52 Å². The van der Waals surface area contributed by atoms with Gasteiger partial charge in [0, 0.05) is 16.8 Å². The molecule has 0 saturated heterocycles. The molecule has 1 rings (SSSR count). The summed E-state index contributed by atoms with van der Waals surface area (Å²) in [6.45, 7) is 5.88. The van der Waals surface area contributed by atoms with Crippen molar-refractivity contribution in [2.45, 2.75) is 20.3 Å². The summed E-state index contributed by atoms with van der Waals surface area (Å²) < 4.78 is 18.3. The van der Waals surface area contributed by atoms with Crippen molar-refractivity contribution in [3.63, 3.8) is 0 Å². The van der Waals surface area contributed by atoms with Gasteiger partial charge in [-0.05, 0) is 25.5 Å². The van der Waals surface area contributed by atoms with Gasteiger partial charge in [-0.25, -0.2) is 4.98 Å². The second-order valence-corrected chi connectivity index (χ2v) is 6.58. The topological polar surface area (TPSA) is 39.2 Å². The van der Waals surface area contributed by atoms with Crippen LogP contribution in [0.25, 0.3) is 0 Å². The molecule has 0 fully saturated rings. The highest BCUT2D eigenvalue weighted by Crippen LogP contribution is 2.40. The van der Waals surface area contributed by atoms with E-state index in [1.807, 2.05) is 19.9 Å². The van der Waals surface area contributed by atoms with E-state index in [9.17, 15) is 4.57 Å². The van der Waals surface area contributed by atoms with Gasteiger partial charge in [-0.3, -0.25) is 4.57 Å². The number of halogens is 1. The van der Waals surface area contributed by atoms with Gasteiger partial charge >= 0.3 is 0 Å². The fourth-order valence-corrected chi connectivity index (χ4v) is 3.20. The Hall–Kier alpha value is -0.180. The van der Waals surface area contributed by atoms with Crippen molar-refractivity contribution >= 4 is 28.7 Å². The molecule has 0 aromatic carbocycles. The summed E-state index contributed by atoms with van der Waals surface area (Å²) in [6, 6.07) is 3.69. The number of aryl methyl sites for hydroxylation is 1. The minimum atomic E-state index is -2.75. The van der Waals surface area contributed by atoms with Gasteiger partial charge in [-0.15, -0.1) is 0 Å². The number of hydrogen-bond donors (Lipinski definition) is 0. The molecule has 0 bridgehead atoms. The lowest BCUT2D eigenvalue weighted by molar-refractivity contribution is 0.344.